The molecule has 1 aliphatic rings. The van der Waals surface area contributed by atoms with Crippen LogP contribution in [-0.4, -0.2) is 61.6 Å². The van der Waals surface area contributed by atoms with Crippen molar-refractivity contribution in [3.05, 3.63) is 16.3 Å². The number of nitrogens with two attached hydrogens (primary N) is 1. The van der Waals surface area contributed by atoms with Gasteiger partial charge in [-0.05, 0) is 0 Å². The quantitative estimate of drug-likeness (QED) is 0.302. The molecule has 11 heteroatoms. The minimum Gasteiger partial charge on any atom is -0.394 e. The lowest BCUT2D eigenvalue weighted by Gasteiger charge is -2.16. The molecule has 1 aromatic heterocycles. The minimum atomic E-state index is -1.39. The number of anilines is 2. The predicted molar refractivity (Wildman–Crippen MR) is 64.5 cm³/mol. The molecule has 0 aliphatic carbocycles. The highest BCUT2D eigenvalue weighted by atomic mass is 16.6. The lowest BCUT2D eigenvalue weighted by atomic mass is 10.1. The van der Waals surface area contributed by atoms with Crippen molar-refractivity contribution in [1.29, 1.82) is 0 Å². The molecule has 110 valence electrons. The monoisotopic (exact) mass is 287 g/mol. The van der Waals surface area contributed by atoms with Crippen LogP contribution < -0.4 is 11.1 Å². The van der Waals surface area contributed by atoms with Gasteiger partial charge in [0, 0.05) is 0 Å². The molecular formula is C9H13N5O6. The van der Waals surface area contributed by atoms with E-state index in [9.17, 15) is 20.3 Å². The molecule has 1 aromatic rings. The van der Waals surface area contributed by atoms with Gasteiger partial charge in [-0.25, -0.2) is 0 Å². The Morgan fingerprint density at radius 2 is 2.20 bits per heavy atom. The zero-order valence-corrected chi connectivity index (χ0v) is 10.1. The number of nitrogens with zero attached hydrogens (tertiary/aromatic N) is 3. The van der Waals surface area contributed by atoms with E-state index in [4.69, 9.17) is 15.6 Å². The standard InChI is InChI=1S/C9H13N5O6/c10-3-1-11-13-8(5(3)14(18)19)12-9-7(17)6(16)4(2-15)20-9/h1,4,6-7,9,15-17H,2H2,(H3,10,12,13). The Balaban J connectivity index is 2.23. The van der Waals surface area contributed by atoms with E-state index in [2.05, 4.69) is 15.5 Å². The van der Waals surface area contributed by atoms with Gasteiger partial charge in [-0.1, -0.05) is 0 Å². The second-order valence-corrected chi connectivity index (χ2v) is 4.16. The first kappa shape index (κ1) is 14.3. The average Bonchev–Trinajstić information content (AvgIpc) is 2.66. The van der Waals surface area contributed by atoms with Gasteiger partial charge in [-0.15, -0.1) is 5.10 Å². The smallest absolute Gasteiger partial charge is 0.337 e. The first-order chi connectivity index (χ1) is 9.45. The van der Waals surface area contributed by atoms with Crippen molar-refractivity contribution in [3.8, 4) is 0 Å². The van der Waals surface area contributed by atoms with E-state index in [1.807, 2.05) is 0 Å². The normalized spacial score (nSPS) is 29.4. The molecule has 2 heterocycles. The summed E-state index contributed by atoms with van der Waals surface area (Å²) in [6, 6.07) is 0. The fourth-order valence-corrected chi connectivity index (χ4v) is 1.84. The summed E-state index contributed by atoms with van der Waals surface area (Å²) in [5.74, 6) is -0.301. The SMILES string of the molecule is Nc1cnnc(NC2OC(CO)C(O)C2O)c1[N+](=O)[O-]. The third-order valence-electron chi connectivity index (χ3n) is 2.86. The molecule has 4 atom stereocenters. The van der Waals surface area contributed by atoms with Crippen LogP contribution in [0.5, 0.6) is 0 Å². The number of ether oxygens (including phenoxy) is 1. The number of rotatable bonds is 4. The molecule has 4 unspecified atom stereocenters. The minimum absolute atomic E-state index is 0.209. The topological polar surface area (TPSA) is 177 Å². The van der Waals surface area contributed by atoms with E-state index in [1.54, 1.807) is 0 Å². The highest BCUT2D eigenvalue weighted by Crippen LogP contribution is 2.30. The van der Waals surface area contributed by atoms with Gasteiger partial charge in [0.15, 0.2) is 6.23 Å². The number of nitrogens with one attached hydrogen (secondary N) is 1. The molecule has 0 amide bonds. The number of aliphatic hydroxyl groups is 3. The molecular weight excluding hydrogens is 274 g/mol. The van der Waals surface area contributed by atoms with Crippen LogP contribution in [0.25, 0.3) is 0 Å². The van der Waals surface area contributed by atoms with E-state index >= 15 is 0 Å². The summed E-state index contributed by atoms with van der Waals surface area (Å²) in [7, 11) is 0. The van der Waals surface area contributed by atoms with Crippen LogP contribution in [0.2, 0.25) is 0 Å². The predicted octanol–water partition coefficient (Wildman–Crippen LogP) is -2.18. The highest BCUT2D eigenvalue weighted by Gasteiger charge is 2.43. The van der Waals surface area contributed by atoms with Crippen LogP contribution in [0.4, 0.5) is 17.2 Å². The number of hydrogen-bond donors (Lipinski definition) is 5. The molecule has 2 rings (SSSR count). The van der Waals surface area contributed by atoms with Gasteiger partial charge in [0.05, 0.1) is 17.7 Å². The van der Waals surface area contributed by atoms with Crippen molar-refractivity contribution in [2.45, 2.75) is 24.5 Å². The molecule has 1 fully saturated rings. The number of aromatic nitrogens is 2. The number of hydrogen-bond acceptors (Lipinski definition) is 10. The lowest BCUT2D eigenvalue weighted by molar-refractivity contribution is -0.383. The third-order valence-corrected chi connectivity index (χ3v) is 2.86. The molecule has 1 aliphatic heterocycles. The van der Waals surface area contributed by atoms with Crippen molar-refractivity contribution < 1.29 is 25.0 Å². The van der Waals surface area contributed by atoms with E-state index in [0.717, 1.165) is 6.20 Å². The van der Waals surface area contributed by atoms with Crippen LogP contribution in [0, 0.1) is 10.1 Å². The summed E-state index contributed by atoms with van der Waals surface area (Å²) in [5, 5.41) is 48.6. The molecule has 20 heavy (non-hydrogen) atoms. The molecule has 0 aromatic carbocycles. The van der Waals surface area contributed by atoms with Crippen LogP contribution in [-0.2, 0) is 4.74 Å². The molecule has 1 saturated heterocycles. The summed E-state index contributed by atoms with van der Waals surface area (Å²) in [4.78, 5) is 10.2. The second-order valence-electron chi connectivity index (χ2n) is 4.16. The van der Waals surface area contributed by atoms with Crippen molar-refractivity contribution in [2.75, 3.05) is 17.7 Å². The third kappa shape index (κ3) is 2.46. The zero-order valence-electron chi connectivity index (χ0n) is 10.1. The van der Waals surface area contributed by atoms with Gasteiger partial charge in [0.2, 0.25) is 5.82 Å². The molecule has 6 N–H and O–H groups in total. The van der Waals surface area contributed by atoms with Crippen LogP contribution in [0.3, 0.4) is 0 Å². The number of aliphatic hydroxyl groups excluding tert-OH is 3. The Morgan fingerprint density at radius 3 is 2.75 bits per heavy atom. The van der Waals surface area contributed by atoms with Crippen LogP contribution >= 0.6 is 0 Å². The molecule has 0 spiro atoms. The van der Waals surface area contributed by atoms with Gasteiger partial charge >= 0.3 is 5.69 Å². The van der Waals surface area contributed by atoms with Gasteiger partial charge < -0.3 is 31.1 Å². The van der Waals surface area contributed by atoms with Gasteiger partial charge in [0.1, 0.15) is 24.0 Å². The Bertz CT molecular complexity index is 514. The van der Waals surface area contributed by atoms with Gasteiger partial charge in [-0.3, -0.25) is 10.1 Å². The molecule has 0 saturated carbocycles. The first-order valence-corrected chi connectivity index (χ1v) is 5.60. The maximum Gasteiger partial charge on any atom is 0.337 e. The fourth-order valence-electron chi connectivity index (χ4n) is 1.84. The Morgan fingerprint density at radius 1 is 1.50 bits per heavy atom. The van der Waals surface area contributed by atoms with Crippen molar-refractivity contribution in [1.82, 2.24) is 10.2 Å². The number of nitro groups is 1. The van der Waals surface area contributed by atoms with Crippen LogP contribution in [0.15, 0.2) is 6.20 Å². The Kier molecular flexibility index (Phi) is 3.94. The maximum absolute atomic E-state index is 10.9. The summed E-state index contributed by atoms with van der Waals surface area (Å²) in [6.45, 7) is -0.513. The summed E-state index contributed by atoms with van der Waals surface area (Å²) >= 11 is 0. The van der Waals surface area contributed by atoms with Gasteiger partial charge in [0.25, 0.3) is 0 Å². The Hall–Kier alpha value is -2.08. The molecule has 0 bridgehead atoms. The van der Waals surface area contributed by atoms with E-state index in [1.165, 1.54) is 0 Å². The maximum atomic E-state index is 10.9. The highest BCUT2D eigenvalue weighted by molar-refractivity contribution is 5.69. The number of nitrogen functional groups attached to an aromatic ring is 1. The Labute approximate surface area is 112 Å². The zero-order chi connectivity index (χ0) is 14.9. The lowest BCUT2D eigenvalue weighted by Crippen LogP contribution is -2.36. The second kappa shape index (κ2) is 5.50. The van der Waals surface area contributed by atoms with Crippen molar-refractivity contribution in [2.24, 2.45) is 0 Å². The molecule has 11 nitrogen and oxygen atoms in total. The fraction of sp³-hybridized carbons (Fsp3) is 0.556. The van der Waals surface area contributed by atoms with Gasteiger partial charge in [-0.2, -0.15) is 5.10 Å². The molecule has 0 radical (unpaired) electrons. The largest absolute Gasteiger partial charge is 0.394 e. The van der Waals surface area contributed by atoms with Crippen molar-refractivity contribution >= 4 is 17.2 Å². The summed E-state index contributed by atoms with van der Waals surface area (Å²) in [5.41, 5.74) is 4.71. The van der Waals surface area contributed by atoms with E-state index in [0.29, 0.717) is 0 Å². The van der Waals surface area contributed by atoms with Crippen LogP contribution in [0.1, 0.15) is 0 Å². The average molecular weight is 287 g/mol. The summed E-state index contributed by atoms with van der Waals surface area (Å²) in [6.07, 6.45) is -3.89. The van der Waals surface area contributed by atoms with E-state index < -0.39 is 41.8 Å². The first-order valence-electron chi connectivity index (χ1n) is 5.60. The van der Waals surface area contributed by atoms with Crippen molar-refractivity contribution in [3.63, 3.8) is 0 Å². The van der Waals surface area contributed by atoms with E-state index in [-0.39, 0.29) is 11.5 Å². The summed E-state index contributed by atoms with van der Waals surface area (Å²) < 4.78 is 5.12.